The van der Waals surface area contributed by atoms with Crippen molar-refractivity contribution in [3.8, 4) is 0 Å². The molecular weight excluding hydrogens is 412 g/mol. The molecular formula is C11H21O6W-. The third kappa shape index (κ3) is 18.4. The van der Waals surface area contributed by atoms with E-state index in [9.17, 15) is 4.79 Å². The van der Waals surface area contributed by atoms with E-state index >= 15 is 0 Å². The predicted octanol–water partition coefficient (Wildman–Crippen LogP) is 0.359. The third-order valence-electron chi connectivity index (χ3n) is 1.72. The quantitative estimate of drug-likeness (QED) is 0.334. The Morgan fingerprint density at radius 1 is 0.833 bits per heavy atom. The van der Waals surface area contributed by atoms with E-state index < -0.39 is 5.97 Å². The summed E-state index contributed by atoms with van der Waals surface area (Å²) in [5.41, 5.74) is 0. The van der Waals surface area contributed by atoms with E-state index in [4.69, 9.17) is 24.1 Å². The summed E-state index contributed by atoms with van der Waals surface area (Å²) in [6, 6.07) is 0. The summed E-state index contributed by atoms with van der Waals surface area (Å²) >= 11 is 0. The van der Waals surface area contributed by atoms with Gasteiger partial charge in [0.05, 0.1) is 52.7 Å². The fourth-order valence-corrected chi connectivity index (χ4v) is 0.921. The fourth-order valence-electron chi connectivity index (χ4n) is 0.921. The first kappa shape index (κ1) is 20.3. The minimum Gasteiger partial charge on any atom is -0.481 e. The fraction of sp³-hybridized carbons (Fsp3) is 0.818. The van der Waals surface area contributed by atoms with Gasteiger partial charge in [0.25, 0.3) is 0 Å². The summed E-state index contributed by atoms with van der Waals surface area (Å²) < 4.78 is 20.4. The molecule has 0 bridgehead atoms. The van der Waals surface area contributed by atoms with E-state index in [1.54, 1.807) is 0 Å². The van der Waals surface area contributed by atoms with Gasteiger partial charge in [0.1, 0.15) is 0 Å². The minimum atomic E-state index is -0.858. The number of carbonyl (C=O) groups is 1. The molecule has 0 radical (unpaired) electrons. The van der Waals surface area contributed by atoms with E-state index in [-0.39, 0.29) is 34.1 Å². The number of carboxylic acid groups (broad SMARTS) is 1. The molecule has 0 aromatic carbocycles. The molecule has 7 heteroatoms. The van der Waals surface area contributed by atoms with Gasteiger partial charge in [-0.25, -0.2) is 0 Å². The molecule has 108 valence electrons. The van der Waals surface area contributed by atoms with Gasteiger partial charge in [-0.1, -0.05) is 6.61 Å². The maximum atomic E-state index is 10.1. The van der Waals surface area contributed by atoms with Crippen LogP contribution in [0.2, 0.25) is 0 Å². The maximum Gasteiger partial charge on any atom is 0.305 e. The molecule has 1 N–H and O–H groups in total. The molecule has 0 atom stereocenters. The Morgan fingerprint density at radius 2 is 1.22 bits per heavy atom. The Kier molecular flexibility index (Phi) is 19.2. The van der Waals surface area contributed by atoms with Gasteiger partial charge < -0.3 is 31.0 Å². The van der Waals surface area contributed by atoms with Crippen molar-refractivity contribution in [2.24, 2.45) is 0 Å². The van der Waals surface area contributed by atoms with Gasteiger partial charge in [-0.05, 0) is 0 Å². The molecule has 18 heavy (non-hydrogen) atoms. The van der Waals surface area contributed by atoms with Crippen LogP contribution < -0.4 is 0 Å². The van der Waals surface area contributed by atoms with Crippen molar-refractivity contribution in [1.29, 1.82) is 0 Å². The van der Waals surface area contributed by atoms with E-state index in [1.807, 2.05) is 0 Å². The maximum absolute atomic E-state index is 10.1. The Balaban J connectivity index is 0. The zero-order valence-corrected chi connectivity index (χ0v) is 13.4. The molecule has 0 rings (SSSR count). The Hall–Kier alpha value is -0.00169. The number of carboxylic acids is 1. The van der Waals surface area contributed by atoms with Crippen molar-refractivity contribution < 1.29 is 49.9 Å². The van der Waals surface area contributed by atoms with Crippen molar-refractivity contribution in [2.45, 2.75) is 6.42 Å². The SMILES string of the molecule is [CH2-]COCCOCCOCCOCCC(=O)O.[W]. The molecule has 0 aromatic rings. The topological polar surface area (TPSA) is 74.2 Å². The normalized spacial score (nSPS) is 10.1. The smallest absolute Gasteiger partial charge is 0.305 e. The molecule has 0 amide bonds. The molecule has 0 aliphatic rings. The van der Waals surface area contributed by atoms with Gasteiger partial charge in [-0.2, -0.15) is 0 Å². The van der Waals surface area contributed by atoms with Crippen LogP contribution in [0.5, 0.6) is 0 Å². The standard InChI is InChI=1S/C11H21O6.W/c1-2-14-5-6-16-9-10-17-8-7-15-4-3-11(12)13;/h1-10H2,(H,12,13);/q-1;. The number of rotatable bonds is 13. The van der Waals surface area contributed by atoms with Gasteiger partial charge in [-0.3, -0.25) is 4.79 Å². The van der Waals surface area contributed by atoms with E-state index in [0.29, 0.717) is 46.2 Å². The molecule has 0 aliphatic heterocycles. The number of ether oxygens (including phenoxy) is 4. The zero-order valence-electron chi connectivity index (χ0n) is 10.5. The molecule has 0 unspecified atom stereocenters. The number of aliphatic carboxylic acids is 1. The molecule has 0 saturated carbocycles. The molecule has 6 nitrogen and oxygen atoms in total. The summed E-state index contributed by atoms with van der Waals surface area (Å²) in [5, 5.41) is 8.33. The first-order valence-electron chi connectivity index (χ1n) is 5.59. The molecule has 0 aliphatic carbocycles. The van der Waals surface area contributed by atoms with Crippen LogP contribution >= 0.6 is 0 Å². The van der Waals surface area contributed by atoms with Crippen molar-refractivity contribution in [3.63, 3.8) is 0 Å². The van der Waals surface area contributed by atoms with E-state index in [1.165, 1.54) is 0 Å². The molecule has 0 fully saturated rings. The van der Waals surface area contributed by atoms with Crippen LogP contribution in [0.1, 0.15) is 6.42 Å². The van der Waals surface area contributed by atoms with Crippen molar-refractivity contribution >= 4 is 5.97 Å². The van der Waals surface area contributed by atoms with Gasteiger partial charge in [-0.15, -0.1) is 0 Å². The van der Waals surface area contributed by atoms with E-state index in [0.717, 1.165) is 0 Å². The molecule has 0 spiro atoms. The van der Waals surface area contributed by atoms with E-state index in [2.05, 4.69) is 6.92 Å². The summed E-state index contributed by atoms with van der Waals surface area (Å²) in [4.78, 5) is 10.1. The summed E-state index contributed by atoms with van der Waals surface area (Å²) in [7, 11) is 0. The van der Waals surface area contributed by atoms with Gasteiger partial charge in [0.2, 0.25) is 0 Å². The van der Waals surface area contributed by atoms with Crippen LogP contribution in [0.25, 0.3) is 0 Å². The first-order valence-corrected chi connectivity index (χ1v) is 5.59. The van der Waals surface area contributed by atoms with Crippen molar-refractivity contribution in [2.75, 3.05) is 52.9 Å². The summed E-state index contributed by atoms with van der Waals surface area (Å²) in [5.74, 6) is -0.858. The number of hydrogen-bond acceptors (Lipinski definition) is 5. The second-order valence-corrected chi connectivity index (χ2v) is 3.09. The van der Waals surface area contributed by atoms with Crippen molar-refractivity contribution in [3.05, 3.63) is 6.92 Å². The first-order chi connectivity index (χ1) is 8.27. The number of hydrogen-bond donors (Lipinski definition) is 1. The minimum absolute atomic E-state index is 0. The van der Waals surface area contributed by atoms with Crippen molar-refractivity contribution in [1.82, 2.24) is 0 Å². The van der Waals surface area contributed by atoms with Crippen LogP contribution in [0.4, 0.5) is 0 Å². The second kappa shape index (κ2) is 17.0. The van der Waals surface area contributed by atoms with Crippen LogP contribution in [0.3, 0.4) is 0 Å². The largest absolute Gasteiger partial charge is 0.481 e. The predicted molar refractivity (Wildman–Crippen MR) is 60.9 cm³/mol. The van der Waals surface area contributed by atoms with Gasteiger partial charge >= 0.3 is 5.97 Å². The van der Waals surface area contributed by atoms with Gasteiger partial charge in [0.15, 0.2) is 0 Å². The second-order valence-electron chi connectivity index (χ2n) is 3.09. The zero-order chi connectivity index (χ0) is 12.8. The summed E-state index contributed by atoms with van der Waals surface area (Å²) in [6.45, 7) is 7.12. The molecule has 0 saturated heterocycles. The van der Waals surface area contributed by atoms with Crippen LogP contribution in [0.15, 0.2) is 0 Å². The molecule has 0 aromatic heterocycles. The monoisotopic (exact) mass is 433 g/mol. The van der Waals surface area contributed by atoms with Crippen LogP contribution in [-0.2, 0) is 44.8 Å². The van der Waals surface area contributed by atoms with Crippen LogP contribution in [-0.4, -0.2) is 63.9 Å². The van der Waals surface area contributed by atoms with Crippen LogP contribution in [0, 0.1) is 6.92 Å². The third-order valence-corrected chi connectivity index (χ3v) is 1.72. The average Bonchev–Trinajstić information content (AvgIpc) is 2.30. The Bertz CT molecular complexity index is 179. The molecule has 0 heterocycles. The average molecular weight is 433 g/mol. The Labute approximate surface area is 122 Å². The summed E-state index contributed by atoms with van der Waals surface area (Å²) in [6.07, 6.45) is 0.0232. The van der Waals surface area contributed by atoms with Gasteiger partial charge in [0, 0.05) is 21.1 Å². The Morgan fingerprint density at radius 3 is 1.61 bits per heavy atom.